The lowest BCUT2D eigenvalue weighted by Crippen LogP contribution is -2.35. The molecule has 1 rings (SSSR count). The van der Waals surface area contributed by atoms with Gasteiger partial charge in [0.2, 0.25) is 0 Å². The van der Waals surface area contributed by atoms with Gasteiger partial charge in [-0.15, -0.1) is 0 Å². The number of rotatable bonds is 3. The van der Waals surface area contributed by atoms with E-state index < -0.39 is 5.97 Å². The first-order valence-corrected chi connectivity index (χ1v) is 5.41. The molecule has 0 radical (unpaired) electrons. The number of hydrogen-bond acceptors (Lipinski definition) is 2. The van der Waals surface area contributed by atoms with Crippen molar-refractivity contribution < 1.29 is 9.90 Å². The second-order valence-electron chi connectivity index (χ2n) is 4.65. The molecule has 0 heterocycles. The van der Waals surface area contributed by atoms with Gasteiger partial charge in [-0.05, 0) is 52.6 Å². The Morgan fingerprint density at radius 1 is 1.29 bits per heavy atom. The third kappa shape index (κ3) is 2.71. The van der Waals surface area contributed by atoms with Crippen LogP contribution in [0, 0.1) is 11.8 Å². The molecule has 1 saturated carbocycles. The zero-order valence-corrected chi connectivity index (χ0v) is 9.36. The Morgan fingerprint density at radius 3 is 2.14 bits per heavy atom. The Balaban J connectivity index is 2.39. The van der Waals surface area contributed by atoms with E-state index >= 15 is 0 Å². The highest BCUT2D eigenvalue weighted by molar-refractivity contribution is 5.69. The molecule has 1 unspecified atom stereocenters. The molecule has 82 valence electrons. The number of nitrogens with zero attached hydrogens (tertiary/aromatic N) is 1. The summed E-state index contributed by atoms with van der Waals surface area (Å²) in [5.74, 6) is -0.0119. The first-order valence-electron chi connectivity index (χ1n) is 5.41. The Bertz CT molecular complexity index is 195. The normalized spacial score (nSPS) is 30.3. The van der Waals surface area contributed by atoms with Crippen molar-refractivity contribution in [2.45, 2.75) is 38.6 Å². The minimum absolute atomic E-state index is 0.0828. The molecule has 3 heteroatoms. The van der Waals surface area contributed by atoms with Crippen molar-refractivity contribution in [2.75, 3.05) is 14.1 Å². The molecule has 0 aliphatic heterocycles. The van der Waals surface area contributed by atoms with E-state index in [1.807, 2.05) is 0 Å². The number of aliphatic carboxylic acids is 1. The van der Waals surface area contributed by atoms with Gasteiger partial charge in [-0.2, -0.15) is 0 Å². The molecule has 1 fully saturated rings. The Morgan fingerprint density at radius 2 is 1.79 bits per heavy atom. The lowest BCUT2D eigenvalue weighted by Gasteiger charge is -2.34. The van der Waals surface area contributed by atoms with Crippen LogP contribution in [0.2, 0.25) is 0 Å². The van der Waals surface area contributed by atoms with E-state index in [9.17, 15) is 4.79 Å². The van der Waals surface area contributed by atoms with Crippen LogP contribution >= 0.6 is 0 Å². The zero-order valence-electron chi connectivity index (χ0n) is 9.36. The average Bonchev–Trinajstić information content (AvgIpc) is 2.16. The minimum Gasteiger partial charge on any atom is -0.481 e. The monoisotopic (exact) mass is 199 g/mol. The fraction of sp³-hybridized carbons (Fsp3) is 0.909. The van der Waals surface area contributed by atoms with Crippen LogP contribution in [-0.2, 0) is 4.79 Å². The van der Waals surface area contributed by atoms with E-state index in [-0.39, 0.29) is 5.92 Å². The molecule has 0 aromatic heterocycles. The molecule has 1 aliphatic carbocycles. The molecular formula is C11H21NO2. The minimum atomic E-state index is -0.610. The lowest BCUT2D eigenvalue weighted by atomic mass is 9.79. The van der Waals surface area contributed by atoms with Gasteiger partial charge in [0.1, 0.15) is 0 Å². The van der Waals surface area contributed by atoms with Gasteiger partial charge in [0.25, 0.3) is 0 Å². The predicted molar refractivity (Wildman–Crippen MR) is 56.2 cm³/mol. The van der Waals surface area contributed by atoms with Crippen LogP contribution in [-0.4, -0.2) is 36.1 Å². The van der Waals surface area contributed by atoms with Gasteiger partial charge >= 0.3 is 5.97 Å². The van der Waals surface area contributed by atoms with Crippen molar-refractivity contribution in [1.82, 2.24) is 4.90 Å². The van der Waals surface area contributed by atoms with Gasteiger partial charge in [-0.3, -0.25) is 4.79 Å². The van der Waals surface area contributed by atoms with Crippen LogP contribution in [0.15, 0.2) is 0 Å². The van der Waals surface area contributed by atoms with E-state index in [1.165, 1.54) is 0 Å². The molecule has 0 amide bonds. The highest BCUT2D eigenvalue weighted by atomic mass is 16.4. The Labute approximate surface area is 86.1 Å². The molecule has 0 aromatic rings. The lowest BCUT2D eigenvalue weighted by molar-refractivity contribution is -0.143. The van der Waals surface area contributed by atoms with Crippen LogP contribution in [0.3, 0.4) is 0 Å². The van der Waals surface area contributed by atoms with Crippen LogP contribution in [0.1, 0.15) is 32.6 Å². The molecule has 0 saturated heterocycles. The Kier molecular flexibility index (Phi) is 3.93. The quantitative estimate of drug-likeness (QED) is 0.754. The number of carbonyl (C=O) groups is 1. The molecular weight excluding hydrogens is 178 g/mol. The number of carboxylic acid groups (broad SMARTS) is 1. The molecule has 0 spiro atoms. The molecule has 0 bridgehead atoms. The third-order valence-electron chi connectivity index (χ3n) is 3.62. The van der Waals surface area contributed by atoms with E-state index in [0.717, 1.165) is 25.7 Å². The fourth-order valence-electron chi connectivity index (χ4n) is 2.27. The second-order valence-corrected chi connectivity index (χ2v) is 4.65. The maximum atomic E-state index is 10.8. The average molecular weight is 199 g/mol. The zero-order chi connectivity index (χ0) is 10.7. The van der Waals surface area contributed by atoms with Crippen LogP contribution in [0.25, 0.3) is 0 Å². The summed E-state index contributed by atoms with van der Waals surface area (Å²) in [5.41, 5.74) is 0. The van der Waals surface area contributed by atoms with Crippen molar-refractivity contribution in [1.29, 1.82) is 0 Å². The van der Waals surface area contributed by atoms with Crippen LogP contribution in [0.4, 0.5) is 0 Å². The maximum absolute atomic E-state index is 10.8. The summed E-state index contributed by atoms with van der Waals surface area (Å²) in [4.78, 5) is 13.0. The first kappa shape index (κ1) is 11.5. The van der Waals surface area contributed by atoms with Gasteiger partial charge < -0.3 is 10.0 Å². The highest BCUT2D eigenvalue weighted by Gasteiger charge is 2.29. The molecule has 3 nitrogen and oxygen atoms in total. The molecule has 1 N–H and O–H groups in total. The van der Waals surface area contributed by atoms with Crippen molar-refractivity contribution >= 4 is 5.97 Å². The summed E-state index contributed by atoms with van der Waals surface area (Å²) < 4.78 is 0. The van der Waals surface area contributed by atoms with Gasteiger partial charge in [0, 0.05) is 6.04 Å². The van der Waals surface area contributed by atoms with Gasteiger partial charge in [0.15, 0.2) is 0 Å². The maximum Gasteiger partial charge on any atom is 0.306 e. The summed E-state index contributed by atoms with van der Waals surface area (Å²) >= 11 is 0. The van der Waals surface area contributed by atoms with Crippen LogP contribution in [0.5, 0.6) is 0 Å². The summed E-state index contributed by atoms with van der Waals surface area (Å²) in [6, 6.07) is 0.574. The molecule has 14 heavy (non-hydrogen) atoms. The van der Waals surface area contributed by atoms with Gasteiger partial charge in [-0.25, -0.2) is 0 Å². The smallest absolute Gasteiger partial charge is 0.306 e. The summed E-state index contributed by atoms with van der Waals surface area (Å²) in [6.45, 7) is 2.23. The van der Waals surface area contributed by atoms with E-state index in [0.29, 0.717) is 12.0 Å². The molecule has 0 aromatic carbocycles. The summed E-state index contributed by atoms with van der Waals surface area (Å²) in [6.07, 6.45) is 3.85. The van der Waals surface area contributed by atoms with Crippen molar-refractivity contribution in [3.8, 4) is 0 Å². The van der Waals surface area contributed by atoms with Crippen molar-refractivity contribution in [3.05, 3.63) is 0 Å². The van der Waals surface area contributed by atoms with E-state index in [2.05, 4.69) is 25.9 Å². The molecule has 1 atom stereocenters. The topological polar surface area (TPSA) is 40.5 Å². The predicted octanol–water partition coefficient (Wildman–Crippen LogP) is 1.83. The first-order chi connectivity index (χ1) is 6.52. The van der Waals surface area contributed by atoms with Gasteiger partial charge in [-0.1, -0.05) is 0 Å². The fourth-order valence-corrected chi connectivity index (χ4v) is 2.27. The van der Waals surface area contributed by atoms with Crippen molar-refractivity contribution in [2.24, 2.45) is 11.8 Å². The largest absolute Gasteiger partial charge is 0.481 e. The second kappa shape index (κ2) is 4.78. The Hall–Kier alpha value is -0.570. The van der Waals surface area contributed by atoms with Gasteiger partial charge in [0.05, 0.1) is 5.92 Å². The summed E-state index contributed by atoms with van der Waals surface area (Å²) in [5, 5.41) is 8.86. The highest BCUT2D eigenvalue weighted by Crippen LogP contribution is 2.31. The summed E-state index contributed by atoms with van der Waals surface area (Å²) in [7, 11) is 4.18. The van der Waals surface area contributed by atoms with E-state index in [4.69, 9.17) is 5.11 Å². The number of hydrogen-bond donors (Lipinski definition) is 1. The number of carboxylic acids is 1. The molecule has 1 aliphatic rings. The van der Waals surface area contributed by atoms with E-state index in [1.54, 1.807) is 0 Å². The SMILES string of the molecule is CC(C1CCC(C(=O)O)CC1)N(C)C. The van der Waals surface area contributed by atoms with Crippen molar-refractivity contribution in [3.63, 3.8) is 0 Å². The van der Waals surface area contributed by atoms with Crippen LogP contribution < -0.4 is 0 Å². The standard InChI is InChI=1S/C11H21NO2/c1-8(12(2)3)9-4-6-10(7-5-9)11(13)14/h8-10H,4-7H2,1-3H3,(H,13,14). The third-order valence-corrected chi connectivity index (χ3v) is 3.62.